The second-order valence-corrected chi connectivity index (χ2v) is 8.33. The zero-order chi connectivity index (χ0) is 23.2. The number of aryl methyl sites for hydroxylation is 2. The SMILES string of the molecule is COc1ccc(CCC(=O)N2CCCN(Cc3nc(-c4ccc(C)c(F)c4)no3)CC2)cc1. The van der Waals surface area contributed by atoms with E-state index in [1.165, 1.54) is 6.07 Å². The number of carbonyl (C=O) groups is 1. The Morgan fingerprint density at radius 1 is 1.12 bits per heavy atom. The van der Waals surface area contributed by atoms with E-state index in [0.717, 1.165) is 37.4 Å². The van der Waals surface area contributed by atoms with E-state index in [1.54, 1.807) is 26.2 Å². The number of carbonyl (C=O) groups excluding carboxylic acids is 1. The van der Waals surface area contributed by atoms with Crippen molar-refractivity contribution in [2.75, 3.05) is 33.3 Å². The lowest BCUT2D eigenvalue weighted by Gasteiger charge is -2.21. The largest absolute Gasteiger partial charge is 0.497 e. The molecule has 2 heterocycles. The summed E-state index contributed by atoms with van der Waals surface area (Å²) in [5.41, 5.74) is 2.30. The number of nitrogens with zero attached hydrogens (tertiary/aromatic N) is 4. The fourth-order valence-electron chi connectivity index (χ4n) is 3.94. The molecule has 0 aliphatic carbocycles. The molecule has 174 valence electrons. The highest BCUT2D eigenvalue weighted by atomic mass is 19.1. The van der Waals surface area contributed by atoms with Gasteiger partial charge in [-0.15, -0.1) is 0 Å². The molecule has 3 aromatic rings. The van der Waals surface area contributed by atoms with Crippen molar-refractivity contribution in [3.05, 3.63) is 65.3 Å². The zero-order valence-corrected chi connectivity index (χ0v) is 19.1. The van der Waals surface area contributed by atoms with Crippen LogP contribution in [0.4, 0.5) is 4.39 Å². The average molecular weight is 453 g/mol. The highest BCUT2D eigenvalue weighted by molar-refractivity contribution is 5.76. The summed E-state index contributed by atoms with van der Waals surface area (Å²) < 4.78 is 24.4. The van der Waals surface area contributed by atoms with Gasteiger partial charge in [0.2, 0.25) is 17.6 Å². The maximum Gasteiger partial charge on any atom is 0.241 e. The fraction of sp³-hybridized carbons (Fsp3) is 0.400. The Kier molecular flexibility index (Phi) is 7.34. The molecule has 4 rings (SSSR count). The van der Waals surface area contributed by atoms with E-state index in [2.05, 4.69) is 15.0 Å². The number of hydrogen-bond donors (Lipinski definition) is 0. The number of methoxy groups -OCH3 is 1. The van der Waals surface area contributed by atoms with Crippen LogP contribution in [0.25, 0.3) is 11.4 Å². The van der Waals surface area contributed by atoms with Gasteiger partial charge in [-0.1, -0.05) is 29.4 Å². The second kappa shape index (κ2) is 10.6. The lowest BCUT2D eigenvalue weighted by molar-refractivity contribution is -0.131. The second-order valence-electron chi connectivity index (χ2n) is 8.33. The van der Waals surface area contributed by atoms with E-state index >= 15 is 0 Å². The Morgan fingerprint density at radius 3 is 2.70 bits per heavy atom. The van der Waals surface area contributed by atoms with E-state index in [0.29, 0.717) is 48.8 Å². The molecule has 8 heteroatoms. The van der Waals surface area contributed by atoms with Crippen LogP contribution in [0, 0.1) is 12.7 Å². The number of rotatable bonds is 7. The first-order valence-corrected chi connectivity index (χ1v) is 11.2. The molecule has 0 saturated carbocycles. The van der Waals surface area contributed by atoms with E-state index in [-0.39, 0.29) is 11.7 Å². The Bertz CT molecular complexity index is 1080. The van der Waals surface area contributed by atoms with Gasteiger partial charge in [-0.25, -0.2) is 4.39 Å². The van der Waals surface area contributed by atoms with Gasteiger partial charge >= 0.3 is 0 Å². The van der Waals surface area contributed by atoms with Crippen molar-refractivity contribution in [1.82, 2.24) is 19.9 Å². The molecule has 7 nitrogen and oxygen atoms in total. The van der Waals surface area contributed by atoms with Gasteiger partial charge in [-0.05, 0) is 49.1 Å². The Balaban J connectivity index is 1.27. The number of ether oxygens (including phenoxy) is 1. The summed E-state index contributed by atoms with van der Waals surface area (Å²) in [5, 5.41) is 4.00. The monoisotopic (exact) mass is 452 g/mol. The molecular formula is C25H29FN4O3. The predicted molar refractivity (Wildman–Crippen MR) is 122 cm³/mol. The van der Waals surface area contributed by atoms with Crippen LogP contribution in [0.2, 0.25) is 0 Å². The molecule has 1 amide bonds. The van der Waals surface area contributed by atoms with Crippen molar-refractivity contribution >= 4 is 5.91 Å². The van der Waals surface area contributed by atoms with Crippen LogP contribution < -0.4 is 4.74 Å². The van der Waals surface area contributed by atoms with Gasteiger partial charge in [-0.3, -0.25) is 9.69 Å². The van der Waals surface area contributed by atoms with Crippen molar-refractivity contribution in [3.63, 3.8) is 0 Å². The smallest absolute Gasteiger partial charge is 0.241 e. The van der Waals surface area contributed by atoms with Crippen LogP contribution in [-0.4, -0.2) is 59.1 Å². The minimum absolute atomic E-state index is 0.175. The molecule has 33 heavy (non-hydrogen) atoms. The minimum atomic E-state index is -0.289. The van der Waals surface area contributed by atoms with Crippen LogP contribution in [0.15, 0.2) is 47.0 Å². The number of aromatic nitrogens is 2. The van der Waals surface area contributed by atoms with E-state index in [9.17, 15) is 9.18 Å². The molecule has 1 aliphatic rings. The van der Waals surface area contributed by atoms with Gasteiger partial charge in [0.05, 0.1) is 13.7 Å². The van der Waals surface area contributed by atoms with E-state index in [4.69, 9.17) is 9.26 Å². The summed E-state index contributed by atoms with van der Waals surface area (Å²) in [7, 11) is 1.64. The quantitative estimate of drug-likeness (QED) is 0.542. The first-order valence-electron chi connectivity index (χ1n) is 11.2. The average Bonchev–Trinajstić information content (AvgIpc) is 3.17. The summed E-state index contributed by atoms with van der Waals surface area (Å²) in [6.45, 7) is 5.23. The number of amides is 1. The number of benzene rings is 2. The van der Waals surface area contributed by atoms with Crippen LogP contribution >= 0.6 is 0 Å². The van der Waals surface area contributed by atoms with Crippen molar-refractivity contribution in [2.24, 2.45) is 0 Å². The fourth-order valence-corrected chi connectivity index (χ4v) is 3.94. The molecule has 1 aromatic heterocycles. The summed E-state index contributed by atoms with van der Waals surface area (Å²) in [6.07, 6.45) is 2.10. The maximum absolute atomic E-state index is 13.8. The lowest BCUT2D eigenvalue weighted by atomic mass is 10.1. The third kappa shape index (κ3) is 5.96. The number of hydrogen-bond acceptors (Lipinski definition) is 6. The Morgan fingerprint density at radius 2 is 1.94 bits per heavy atom. The van der Waals surface area contributed by atoms with Gasteiger partial charge in [-0.2, -0.15) is 4.98 Å². The third-order valence-corrected chi connectivity index (χ3v) is 5.98. The molecule has 2 aromatic carbocycles. The molecule has 0 unspecified atom stereocenters. The van der Waals surface area contributed by atoms with Crippen LogP contribution in [0.3, 0.4) is 0 Å². The standard InChI is InChI=1S/C25H29FN4O3/c1-18-4-8-20(16-22(18)26)25-27-23(33-28-25)17-29-12-3-13-30(15-14-29)24(31)11-7-19-5-9-21(32-2)10-6-19/h4-6,8-10,16H,3,7,11-15,17H2,1-2H3. The van der Waals surface area contributed by atoms with Crippen molar-refractivity contribution in [2.45, 2.75) is 32.7 Å². The summed E-state index contributed by atoms with van der Waals surface area (Å²) >= 11 is 0. The zero-order valence-electron chi connectivity index (χ0n) is 19.1. The van der Waals surface area contributed by atoms with Gasteiger partial charge in [0.1, 0.15) is 11.6 Å². The van der Waals surface area contributed by atoms with Crippen molar-refractivity contribution in [1.29, 1.82) is 0 Å². The lowest BCUT2D eigenvalue weighted by Crippen LogP contribution is -2.35. The van der Waals surface area contributed by atoms with E-state index < -0.39 is 0 Å². The van der Waals surface area contributed by atoms with Crippen LogP contribution in [0.1, 0.15) is 29.9 Å². The molecule has 1 fully saturated rings. The third-order valence-electron chi connectivity index (χ3n) is 5.98. The molecule has 0 N–H and O–H groups in total. The minimum Gasteiger partial charge on any atom is -0.497 e. The molecule has 0 spiro atoms. The van der Waals surface area contributed by atoms with Crippen molar-refractivity contribution < 1.29 is 18.4 Å². The maximum atomic E-state index is 13.8. The highest BCUT2D eigenvalue weighted by Gasteiger charge is 2.21. The van der Waals surface area contributed by atoms with Crippen LogP contribution in [0.5, 0.6) is 5.75 Å². The Hall–Kier alpha value is -3.26. The summed E-state index contributed by atoms with van der Waals surface area (Å²) in [5.74, 6) is 1.58. The first-order chi connectivity index (χ1) is 16.0. The van der Waals surface area contributed by atoms with Gasteiger partial charge in [0.25, 0.3) is 0 Å². The molecule has 0 bridgehead atoms. The van der Waals surface area contributed by atoms with E-state index in [1.807, 2.05) is 29.2 Å². The molecule has 1 saturated heterocycles. The summed E-state index contributed by atoms with van der Waals surface area (Å²) in [4.78, 5) is 21.3. The van der Waals surface area contributed by atoms with Crippen LogP contribution in [-0.2, 0) is 17.8 Å². The normalized spacial score (nSPS) is 14.8. The molecular weight excluding hydrogens is 423 g/mol. The molecule has 0 radical (unpaired) electrons. The Labute approximate surface area is 193 Å². The van der Waals surface area contributed by atoms with Gasteiger partial charge < -0.3 is 14.2 Å². The number of halogens is 1. The predicted octanol–water partition coefficient (Wildman–Crippen LogP) is 3.86. The van der Waals surface area contributed by atoms with Gasteiger partial charge in [0, 0.05) is 38.2 Å². The molecule has 0 atom stereocenters. The molecule has 1 aliphatic heterocycles. The highest BCUT2D eigenvalue weighted by Crippen LogP contribution is 2.20. The van der Waals surface area contributed by atoms with Crippen molar-refractivity contribution in [3.8, 4) is 17.1 Å². The first kappa shape index (κ1) is 22.9. The topological polar surface area (TPSA) is 71.7 Å². The summed E-state index contributed by atoms with van der Waals surface area (Å²) in [6, 6.07) is 12.7. The van der Waals surface area contributed by atoms with Gasteiger partial charge in [0.15, 0.2) is 0 Å².